The number of esters is 2. The molecule has 0 unspecified atom stereocenters. The van der Waals surface area contributed by atoms with Gasteiger partial charge in [0.15, 0.2) is 0 Å². The minimum absolute atomic E-state index is 0.232. The van der Waals surface area contributed by atoms with Gasteiger partial charge in [0.1, 0.15) is 0 Å². The molecule has 0 aromatic carbocycles. The van der Waals surface area contributed by atoms with Crippen LogP contribution in [0.15, 0.2) is 58.7 Å². The molecule has 0 amide bonds. The second-order valence-corrected chi connectivity index (χ2v) is 9.69. The highest BCUT2D eigenvalue weighted by Crippen LogP contribution is 2.40. The Morgan fingerprint density at radius 2 is 1.73 bits per heavy atom. The van der Waals surface area contributed by atoms with Crippen LogP contribution in [0.4, 0.5) is 0 Å². The van der Waals surface area contributed by atoms with E-state index >= 15 is 0 Å². The predicted octanol–water partition coefficient (Wildman–Crippen LogP) is 6.61. The topological polar surface area (TPSA) is 52.6 Å². The summed E-state index contributed by atoms with van der Waals surface area (Å²) in [4.78, 5) is 23.4. The van der Waals surface area contributed by atoms with E-state index in [4.69, 9.17) is 9.47 Å². The van der Waals surface area contributed by atoms with Crippen LogP contribution < -0.4 is 0 Å². The number of carbonyl (C=O) groups is 2. The number of hydrogen-bond donors (Lipinski definition) is 0. The van der Waals surface area contributed by atoms with Crippen LogP contribution in [0, 0.1) is 10.8 Å². The molecule has 0 bridgehead atoms. The zero-order chi connectivity index (χ0) is 22.9. The van der Waals surface area contributed by atoms with Crippen LogP contribution in [0.2, 0.25) is 0 Å². The summed E-state index contributed by atoms with van der Waals surface area (Å²) in [6.07, 6.45) is 15.2. The predicted molar refractivity (Wildman–Crippen MR) is 123 cm³/mol. The maximum absolute atomic E-state index is 11.8. The highest BCUT2D eigenvalue weighted by molar-refractivity contribution is 5.83. The van der Waals surface area contributed by atoms with Gasteiger partial charge in [0, 0.05) is 6.08 Å². The van der Waals surface area contributed by atoms with Gasteiger partial charge in [0.05, 0.1) is 5.41 Å². The van der Waals surface area contributed by atoms with Crippen molar-refractivity contribution in [3.8, 4) is 0 Å². The van der Waals surface area contributed by atoms with Crippen molar-refractivity contribution in [1.29, 1.82) is 0 Å². The van der Waals surface area contributed by atoms with Crippen molar-refractivity contribution >= 4 is 11.9 Å². The van der Waals surface area contributed by atoms with Crippen LogP contribution >= 0.6 is 0 Å². The summed E-state index contributed by atoms with van der Waals surface area (Å²) in [5, 5.41) is 0. The van der Waals surface area contributed by atoms with Gasteiger partial charge in [-0.3, -0.25) is 4.79 Å². The Morgan fingerprint density at radius 3 is 2.33 bits per heavy atom. The maximum atomic E-state index is 11.8. The number of hydrogen-bond acceptors (Lipinski definition) is 4. The van der Waals surface area contributed by atoms with Crippen molar-refractivity contribution in [3.63, 3.8) is 0 Å². The average Bonchev–Trinajstić information content (AvgIpc) is 2.59. The van der Waals surface area contributed by atoms with Crippen molar-refractivity contribution in [3.05, 3.63) is 58.7 Å². The van der Waals surface area contributed by atoms with E-state index in [0.717, 1.165) is 11.1 Å². The Bertz CT molecular complexity index is 780. The van der Waals surface area contributed by atoms with E-state index in [1.54, 1.807) is 20.8 Å². The lowest BCUT2D eigenvalue weighted by molar-refractivity contribution is -0.170. The van der Waals surface area contributed by atoms with E-state index < -0.39 is 17.4 Å². The standard InChI is InChI=1S/C26H38O4/c1-19(14-15-22-21(3)13-10-16-26(22,7)8)11-9-12-20(2)17-23(27)29-18-30-24(28)25(4,5)6/h9,11-12,14-15,17H,10,13,16,18H2,1-8H3/b12-9+,15-14+,19-11-,20-17-. The molecule has 0 fully saturated rings. The van der Waals surface area contributed by atoms with E-state index in [9.17, 15) is 9.59 Å². The number of carbonyl (C=O) groups excluding carboxylic acids is 2. The Balaban J connectivity index is 2.59. The van der Waals surface area contributed by atoms with Gasteiger partial charge in [0.2, 0.25) is 6.79 Å². The third kappa shape index (κ3) is 8.98. The molecule has 0 N–H and O–H groups in total. The van der Waals surface area contributed by atoms with E-state index in [-0.39, 0.29) is 12.2 Å². The second-order valence-electron chi connectivity index (χ2n) is 9.69. The fraction of sp³-hybridized carbons (Fsp3) is 0.538. The van der Waals surface area contributed by atoms with E-state index in [1.165, 1.54) is 36.5 Å². The highest BCUT2D eigenvalue weighted by atomic mass is 16.7. The second kappa shape index (κ2) is 11.1. The quantitative estimate of drug-likeness (QED) is 0.204. The first-order valence-electron chi connectivity index (χ1n) is 10.6. The molecule has 4 nitrogen and oxygen atoms in total. The van der Waals surface area contributed by atoms with Gasteiger partial charge in [-0.25, -0.2) is 4.79 Å². The van der Waals surface area contributed by atoms with Gasteiger partial charge in [0.25, 0.3) is 0 Å². The molecule has 0 spiro atoms. The van der Waals surface area contributed by atoms with Gasteiger partial charge in [-0.1, -0.05) is 55.4 Å². The van der Waals surface area contributed by atoms with Crippen molar-refractivity contribution < 1.29 is 19.1 Å². The van der Waals surface area contributed by atoms with E-state index in [0.29, 0.717) is 0 Å². The molecule has 1 rings (SSSR count). The molecule has 0 atom stereocenters. The molecular formula is C26H38O4. The van der Waals surface area contributed by atoms with Crippen molar-refractivity contribution in [2.75, 3.05) is 6.79 Å². The summed E-state index contributed by atoms with van der Waals surface area (Å²) < 4.78 is 9.84. The van der Waals surface area contributed by atoms with Crippen molar-refractivity contribution in [2.45, 2.75) is 74.7 Å². The molecule has 0 aromatic rings. The molecular weight excluding hydrogens is 376 g/mol. The minimum atomic E-state index is -0.623. The van der Waals surface area contributed by atoms with Gasteiger partial charge in [-0.15, -0.1) is 0 Å². The van der Waals surface area contributed by atoms with Crippen molar-refractivity contribution in [1.82, 2.24) is 0 Å². The van der Waals surface area contributed by atoms with Crippen LogP contribution in [0.5, 0.6) is 0 Å². The number of ether oxygens (including phenoxy) is 2. The first-order valence-corrected chi connectivity index (χ1v) is 10.6. The highest BCUT2D eigenvalue weighted by Gasteiger charge is 2.26. The summed E-state index contributed by atoms with van der Waals surface area (Å²) in [5.41, 5.74) is 4.42. The van der Waals surface area contributed by atoms with Crippen LogP contribution in [-0.4, -0.2) is 18.7 Å². The Labute approximate surface area is 182 Å². The van der Waals surface area contributed by atoms with Gasteiger partial charge < -0.3 is 9.47 Å². The van der Waals surface area contributed by atoms with E-state index in [2.05, 4.69) is 39.8 Å². The largest absolute Gasteiger partial charge is 0.427 e. The maximum Gasteiger partial charge on any atom is 0.333 e. The summed E-state index contributed by atoms with van der Waals surface area (Å²) in [6, 6.07) is 0. The lowest BCUT2D eigenvalue weighted by atomic mass is 9.72. The number of allylic oxidation sites excluding steroid dienone is 9. The van der Waals surface area contributed by atoms with Crippen LogP contribution in [0.25, 0.3) is 0 Å². The molecule has 1 aliphatic carbocycles. The molecule has 0 heterocycles. The molecule has 0 saturated carbocycles. The molecule has 0 aliphatic heterocycles. The van der Waals surface area contributed by atoms with Crippen LogP contribution in [0.1, 0.15) is 74.7 Å². The zero-order valence-electron chi connectivity index (χ0n) is 19.9. The Morgan fingerprint density at radius 1 is 1.07 bits per heavy atom. The third-order valence-electron chi connectivity index (χ3n) is 5.12. The smallest absolute Gasteiger partial charge is 0.333 e. The monoisotopic (exact) mass is 414 g/mol. The first kappa shape index (κ1) is 25.7. The summed E-state index contributed by atoms with van der Waals surface area (Å²) in [6.45, 7) is 15.6. The molecule has 0 saturated heterocycles. The normalized spacial score (nSPS) is 18.3. The minimum Gasteiger partial charge on any atom is -0.427 e. The van der Waals surface area contributed by atoms with Crippen LogP contribution in [0.3, 0.4) is 0 Å². The molecule has 0 aromatic heterocycles. The molecule has 4 heteroatoms. The zero-order valence-corrected chi connectivity index (χ0v) is 19.9. The van der Waals surface area contributed by atoms with Gasteiger partial charge in [-0.2, -0.15) is 0 Å². The summed E-state index contributed by atoms with van der Waals surface area (Å²) in [7, 11) is 0. The molecule has 30 heavy (non-hydrogen) atoms. The van der Waals surface area contributed by atoms with Crippen molar-refractivity contribution in [2.24, 2.45) is 10.8 Å². The number of rotatable bonds is 7. The fourth-order valence-electron chi connectivity index (χ4n) is 3.27. The van der Waals surface area contributed by atoms with Crippen LogP contribution in [-0.2, 0) is 19.1 Å². The Hall–Kier alpha value is -2.36. The summed E-state index contributed by atoms with van der Waals surface area (Å²) in [5.74, 6) is -0.950. The lowest BCUT2D eigenvalue weighted by Crippen LogP contribution is -2.24. The summed E-state index contributed by atoms with van der Waals surface area (Å²) >= 11 is 0. The first-order chi connectivity index (χ1) is 13.8. The molecule has 166 valence electrons. The molecule has 1 aliphatic rings. The lowest BCUT2D eigenvalue weighted by Gasteiger charge is -2.32. The fourth-order valence-corrected chi connectivity index (χ4v) is 3.27. The van der Waals surface area contributed by atoms with E-state index in [1.807, 2.05) is 25.2 Å². The van der Waals surface area contributed by atoms with Gasteiger partial charge in [-0.05, 0) is 77.4 Å². The van der Waals surface area contributed by atoms with Gasteiger partial charge >= 0.3 is 11.9 Å². The average molecular weight is 415 g/mol. The molecule has 0 radical (unpaired) electrons. The third-order valence-corrected chi connectivity index (χ3v) is 5.12. The SMILES string of the molecule is CC1=C(/C=C/C(C)=C\C=C\C(C)=C/C(=O)OCOC(=O)C(C)(C)C)C(C)(C)CCC1. The Kier molecular flexibility index (Phi) is 9.54.